The van der Waals surface area contributed by atoms with Gasteiger partial charge in [0.1, 0.15) is 0 Å². The van der Waals surface area contributed by atoms with Gasteiger partial charge in [-0.3, -0.25) is 0 Å². The molecule has 168 valence electrons. The van der Waals surface area contributed by atoms with Crippen LogP contribution in [-0.4, -0.2) is 0 Å². The van der Waals surface area contributed by atoms with Gasteiger partial charge in [0.2, 0.25) is 0 Å². The molecule has 8 rings (SSSR count). The van der Waals surface area contributed by atoms with E-state index >= 15 is 0 Å². The summed E-state index contributed by atoms with van der Waals surface area (Å²) in [6, 6.07) is 46.4. The van der Waals surface area contributed by atoms with Crippen molar-refractivity contribution in [1.82, 2.24) is 0 Å². The number of rotatable bonds is 1. The molecule has 0 N–H and O–H groups in total. The third-order valence-electron chi connectivity index (χ3n) is 8.15. The maximum atomic E-state index is 6.65. The third kappa shape index (κ3) is 2.40. The molecule has 0 unspecified atom stereocenters. The van der Waals surface area contributed by atoms with Crippen LogP contribution in [0.4, 0.5) is 0 Å². The minimum atomic E-state index is -0.349. The van der Waals surface area contributed by atoms with Crippen molar-refractivity contribution in [3.63, 3.8) is 0 Å². The van der Waals surface area contributed by atoms with Crippen LogP contribution >= 0.6 is 11.6 Å². The zero-order chi connectivity index (χ0) is 23.9. The minimum Gasteiger partial charge on any atom is -0.0837 e. The molecule has 0 saturated carbocycles. The van der Waals surface area contributed by atoms with Crippen molar-refractivity contribution in [3.05, 3.63) is 155 Å². The molecular weight excluding hydrogens is 456 g/mol. The van der Waals surface area contributed by atoms with Crippen LogP contribution in [0.25, 0.3) is 44.2 Å². The fourth-order valence-electron chi connectivity index (χ4n) is 6.79. The Balaban J connectivity index is 1.57. The predicted octanol–water partition coefficient (Wildman–Crippen LogP) is 9.50. The van der Waals surface area contributed by atoms with Gasteiger partial charge in [-0.2, -0.15) is 0 Å². The van der Waals surface area contributed by atoms with E-state index in [0.29, 0.717) is 0 Å². The number of fused-ring (bicyclic) bond motifs is 12. The molecule has 6 aromatic carbocycles. The van der Waals surface area contributed by atoms with Crippen molar-refractivity contribution in [2.24, 2.45) is 0 Å². The van der Waals surface area contributed by atoms with Crippen LogP contribution in [0.15, 0.2) is 127 Å². The van der Waals surface area contributed by atoms with Crippen molar-refractivity contribution in [2.75, 3.05) is 0 Å². The third-order valence-corrected chi connectivity index (χ3v) is 8.48. The molecule has 1 spiro atoms. The zero-order valence-corrected chi connectivity index (χ0v) is 20.3. The SMILES string of the molecule is Clc1ccccc1-c1ccc2ccc3c(c2c1)C1(c2ccccc2-c2ccccc21)c1ccccc1-3. The van der Waals surface area contributed by atoms with E-state index in [-0.39, 0.29) is 5.41 Å². The van der Waals surface area contributed by atoms with Crippen molar-refractivity contribution in [3.8, 4) is 33.4 Å². The van der Waals surface area contributed by atoms with Gasteiger partial charge >= 0.3 is 0 Å². The average molecular weight is 477 g/mol. The van der Waals surface area contributed by atoms with Crippen molar-refractivity contribution < 1.29 is 0 Å². The van der Waals surface area contributed by atoms with Crippen molar-refractivity contribution >= 4 is 22.4 Å². The maximum absolute atomic E-state index is 6.65. The van der Waals surface area contributed by atoms with E-state index in [0.717, 1.165) is 16.1 Å². The molecule has 2 aliphatic carbocycles. The highest BCUT2D eigenvalue weighted by molar-refractivity contribution is 6.33. The monoisotopic (exact) mass is 476 g/mol. The molecule has 0 aromatic heterocycles. The first-order valence-corrected chi connectivity index (χ1v) is 12.8. The molecule has 0 bridgehead atoms. The quantitative estimate of drug-likeness (QED) is 0.221. The lowest BCUT2D eigenvalue weighted by Gasteiger charge is -2.31. The summed E-state index contributed by atoms with van der Waals surface area (Å²) in [5.74, 6) is 0. The van der Waals surface area contributed by atoms with Gasteiger partial charge in [0, 0.05) is 10.6 Å². The smallest absolute Gasteiger partial charge is 0.0731 e. The van der Waals surface area contributed by atoms with Crippen LogP contribution in [0.3, 0.4) is 0 Å². The Morgan fingerprint density at radius 2 is 0.944 bits per heavy atom. The molecule has 36 heavy (non-hydrogen) atoms. The van der Waals surface area contributed by atoms with Crippen LogP contribution in [0.1, 0.15) is 22.3 Å². The first-order valence-electron chi connectivity index (χ1n) is 12.4. The summed E-state index contributed by atoms with van der Waals surface area (Å²) in [5, 5.41) is 3.31. The highest BCUT2D eigenvalue weighted by Gasteiger charge is 2.52. The van der Waals surface area contributed by atoms with Crippen LogP contribution in [0.5, 0.6) is 0 Å². The second kappa shape index (κ2) is 7.20. The molecule has 0 saturated heterocycles. The van der Waals surface area contributed by atoms with E-state index < -0.39 is 0 Å². The van der Waals surface area contributed by atoms with Gasteiger partial charge in [-0.25, -0.2) is 0 Å². The van der Waals surface area contributed by atoms with Crippen LogP contribution in [0.2, 0.25) is 5.02 Å². The normalized spacial score (nSPS) is 13.9. The maximum Gasteiger partial charge on any atom is 0.0731 e. The van der Waals surface area contributed by atoms with Gasteiger partial charge in [0.05, 0.1) is 5.41 Å². The number of halogens is 1. The summed E-state index contributed by atoms with van der Waals surface area (Å²) in [6.07, 6.45) is 0. The van der Waals surface area contributed by atoms with E-state index in [1.165, 1.54) is 55.3 Å². The van der Waals surface area contributed by atoms with E-state index in [4.69, 9.17) is 11.6 Å². The summed E-state index contributed by atoms with van der Waals surface area (Å²) in [7, 11) is 0. The Hall–Kier alpha value is -4.13. The van der Waals surface area contributed by atoms with Gasteiger partial charge in [-0.05, 0) is 73.0 Å². The zero-order valence-electron chi connectivity index (χ0n) is 19.5. The highest BCUT2D eigenvalue weighted by atomic mass is 35.5. The van der Waals surface area contributed by atoms with Crippen molar-refractivity contribution in [2.45, 2.75) is 5.41 Å². The molecule has 0 aliphatic heterocycles. The highest BCUT2D eigenvalue weighted by Crippen LogP contribution is 2.64. The lowest BCUT2D eigenvalue weighted by atomic mass is 9.69. The lowest BCUT2D eigenvalue weighted by molar-refractivity contribution is 0.801. The Labute approximate surface area is 215 Å². The Bertz CT molecular complexity index is 1800. The van der Waals surface area contributed by atoms with E-state index in [1.54, 1.807) is 0 Å². The van der Waals surface area contributed by atoms with E-state index in [9.17, 15) is 0 Å². The first kappa shape index (κ1) is 20.1. The fraction of sp³-hybridized carbons (Fsp3) is 0.0286. The van der Waals surface area contributed by atoms with Gasteiger partial charge in [-0.1, -0.05) is 127 Å². The summed E-state index contributed by atoms with van der Waals surface area (Å²) in [4.78, 5) is 0. The summed E-state index contributed by atoms with van der Waals surface area (Å²) in [5.41, 5.74) is 12.6. The van der Waals surface area contributed by atoms with Gasteiger partial charge in [-0.15, -0.1) is 0 Å². The van der Waals surface area contributed by atoms with Crippen LogP contribution in [-0.2, 0) is 5.41 Å². The predicted molar refractivity (Wildman–Crippen MR) is 151 cm³/mol. The van der Waals surface area contributed by atoms with Crippen LogP contribution < -0.4 is 0 Å². The minimum absolute atomic E-state index is 0.349. The van der Waals surface area contributed by atoms with Crippen LogP contribution in [0, 0.1) is 0 Å². The summed E-state index contributed by atoms with van der Waals surface area (Å²) >= 11 is 6.65. The number of benzene rings is 6. The molecule has 0 atom stereocenters. The second-order valence-electron chi connectivity index (χ2n) is 9.79. The largest absolute Gasteiger partial charge is 0.0837 e. The molecule has 0 fully saturated rings. The van der Waals surface area contributed by atoms with Gasteiger partial charge in [0.25, 0.3) is 0 Å². The standard InChI is InChI=1S/C35H21Cl/c36-33-16-8-4-9-24(33)23-18-17-22-19-20-28-27-12-3-7-15-32(27)35(34(28)29(22)21-23)30-13-5-1-10-25(30)26-11-2-6-14-31(26)35/h1-21H. The molecule has 0 heterocycles. The molecule has 0 amide bonds. The molecule has 2 aliphatic rings. The Morgan fingerprint density at radius 3 is 1.56 bits per heavy atom. The Morgan fingerprint density at radius 1 is 0.444 bits per heavy atom. The van der Waals surface area contributed by atoms with Crippen molar-refractivity contribution in [1.29, 1.82) is 0 Å². The molecule has 1 heteroatoms. The number of hydrogen-bond acceptors (Lipinski definition) is 0. The molecular formula is C35H21Cl. The van der Waals surface area contributed by atoms with E-state index in [1.807, 2.05) is 12.1 Å². The molecule has 0 nitrogen and oxygen atoms in total. The molecule has 6 aromatic rings. The first-order chi connectivity index (χ1) is 17.8. The Kier molecular flexibility index (Phi) is 4.02. The topological polar surface area (TPSA) is 0 Å². The number of hydrogen-bond donors (Lipinski definition) is 0. The second-order valence-corrected chi connectivity index (χ2v) is 10.2. The fourth-order valence-corrected chi connectivity index (χ4v) is 7.03. The average Bonchev–Trinajstić information content (AvgIpc) is 3.41. The summed E-state index contributed by atoms with van der Waals surface area (Å²) < 4.78 is 0. The molecule has 0 radical (unpaired) electrons. The summed E-state index contributed by atoms with van der Waals surface area (Å²) in [6.45, 7) is 0. The lowest BCUT2D eigenvalue weighted by Crippen LogP contribution is -2.26. The van der Waals surface area contributed by atoms with Gasteiger partial charge in [0.15, 0.2) is 0 Å². The van der Waals surface area contributed by atoms with Gasteiger partial charge < -0.3 is 0 Å². The van der Waals surface area contributed by atoms with E-state index in [2.05, 4.69) is 115 Å².